The van der Waals surface area contributed by atoms with E-state index in [2.05, 4.69) is 82.5 Å². The summed E-state index contributed by atoms with van der Waals surface area (Å²) in [5.74, 6) is 0.343. The van der Waals surface area contributed by atoms with Crippen LogP contribution in [-0.2, 0) is 30.5 Å². The molecular formula is C41H57N7O. The van der Waals surface area contributed by atoms with E-state index in [-0.39, 0.29) is 11.9 Å². The van der Waals surface area contributed by atoms with Gasteiger partial charge < -0.3 is 26.2 Å². The molecule has 8 heteroatoms. The highest BCUT2D eigenvalue weighted by Gasteiger charge is 2.29. The van der Waals surface area contributed by atoms with Crippen LogP contribution in [0.4, 0.5) is 5.95 Å². The maximum absolute atomic E-state index is 12.7. The van der Waals surface area contributed by atoms with E-state index < -0.39 is 0 Å². The lowest BCUT2D eigenvalue weighted by molar-refractivity contribution is -0.125. The summed E-state index contributed by atoms with van der Waals surface area (Å²) < 4.78 is 0. The summed E-state index contributed by atoms with van der Waals surface area (Å²) >= 11 is 0. The molecule has 1 unspecified atom stereocenters. The molecule has 0 aliphatic carbocycles. The lowest BCUT2D eigenvalue weighted by Gasteiger charge is -2.35. The number of aromatic nitrogens is 2. The highest BCUT2D eigenvalue weighted by atomic mass is 16.2. The molecule has 0 bridgehead atoms. The van der Waals surface area contributed by atoms with E-state index in [1.54, 1.807) is 0 Å². The Labute approximate surface area is 294 Å². The molecular weight excluding hydrogens is 606 g/mol. The van der Waals surface area contributed by atoms with Crippen LogP contribution >= 0.6 is 0 Å². The third-order valence-corrected chi connectivity index (χ3v) is 10.4. The average Bonchev–Trinajstić information content (AvgIpc) is 3.62. The van der Waals surface area contributed by atoms with Crippen molar-refractivity contribution in [2.75, 3.05) is 45.5 Å². The quantitative estimate of drug-likeness (QED) is 0.131. The van der Waals surface area contributed by atoms with E-state index in [4.69, 9.17) is 5.73 Å². The molecule has 262 valence electrons. The van der Waals surface area contributed by atoms with E-state index in [0.29, 0.717) is 5.95 Å². The van der Waals surface area contributed by atoms with Gasteiger partial charge in [0.05, 0.1) is 11.2 Å². The Kier molecular flexibility index (Phi) is 13.0. The monoisotopic (exact) mass is 663 g/mol. The molecule has 1 amide bonds. The van der Waals surface area contributed by atoms with Gasteiger partial charge in [0.1, 0.15) is 6.04 Å². The first-order valence-corrected chi connectivity index (χ1v) is 18.4. The van der Waals surface area contributed by atoms with Gasteiger partial charge in [-0.2, -0.15) is 0 Å². The normalized spacial score (nSPS) is 16.7. The minimum absolute atomic E-state index is 0.0222. The zero-order chi connectivity index (χ0) is 34.8. The van der Waals surface area contributed by atoms with Gasteiger partial charge in [0.25, 0.3) is 0 Å². The van der Waals surface area contributed by atoms with Crippen LogP contribution < -0.4 is 16.4 Å². The Balaban J connectivity index is 1.12. The number of anilines is 1. The summed E-state index contributed by atoms with van der Waals surface area (Å²) in [6, 6.07) is 10.6. The maximum atomic E-state index is 12.7. The van der Waals surface area contributed by atoms with Gasteiger partial charge >= 0.3 is 0 Å². The summed E-state index contributed by atoms with van der Waals surface area (Å²) in [6.45, 7) is 20.2. The Morgan fingerprint density at radius 2 is 1.86 bits per heavy atom. The van der Waals surface area contributed by atoms with Gasteiger partial charge in [-0.05, 0) is 144 Å². The fourth-order valence-electron chi connectivity index (χ4n) is 7.49. The zero-order valence-electron chi connectivity index (χ0n) is 30.0. The van der Waals surface area contributed by atoms with Crippen LogP contribution in [0.2, 0.25) is 0 Å². The summed E-state index contributed by atoms with van der Waals surface area (Å²) in [5.41, 5.74) is 16.0. The molecule has 0 radical (unpaired) electrons. The average molecular weight is 664 g/mol. The Morgan fingerprint density at radius 1 is 1.06 bits per heavy atom. The number of fused-ring (bicyclic) bond motifs is 1. The van der Waals surface area contributed by atoms with Crippen molar-refractivity contribution in [3.8, 4) is 0 Å². The lowest BCUT2D eigenvalue weighted by Crippen LogP contribution is -2.47. The number of allylic oxidation sites excluding steroid dienone is 1. The number of piperidine rings is 1. The molecule has 2 saturated heterocycles. The standard InChI is InChI=1S/C41H57N7O/c1-6-31-16-14-17-33(39(31)30(4)47(5)38-20-19-29(3)44-40(38)49)21-23-43-22-10-8-18-36-35-27-32(7-2)34(28-37(35)46-41(42)45-36)15-9-11-24-48-25-12-13-26-48/h6,14,16-17,27-28,38,43H,1,3-4,7-13,15,18-26H2,2,5H3,(H,44,49)(H2,42,45,46). The highest BCUT2D eigenvalue weighted by Crippen LogP contribution is 2.30. The molecule has 1 atom stereocenters. The third-order valence-electron chi connectivity index (χ3n) is 10.4. The molecule has 3 aromatic rings. The smallest absolute Gasteiger partial charge is 0.246 e. The van der Waals surface area contributed by atoms with Crippen LogP contribution in [0.5, 0.6) is 0 Å². The number of benzene rings is 2. The third kappa shape index (κ3) is 9.37. The van der Waals surface area contributed by atoms with E-state index in [1.807, 2.05) is 18.0 Å². The maximum Gasteiger partial charge on any atom is 0.246 e. The van der Waals surface area contributed by atoms with Crippen molar-refractivity contribution in [2.45, 2.75) is 90.0 Å². The van der Waals surface area contributed by atoms with Gasteiger partial charge in [0.15, 0.2) is 0 Å². The summed E-state index contributed by atoms with van der Waals surface area (Å²) in [6.07, 6.45) is 14.4. The van der Waals surface area contributed by atoms with Crippen molar-refractivity contribution >= 4 is 34.5 Å². The second-order valence-electron chi connectivity index (χ2n) is 13.8. The number of hydrogen-bond donors (Lipinski definition) is 3. The lowest BCUT2D eigenvalue weighted by atomic mass is 9.94. The SMILES string of the molecule is C=Cc1cccc(CCNCCCCc2nc(N)nc3cc(CCCCN4CCCC4)c(CC)cc23)c1C(=C)N(C)C1CCC(=C)NC1=O. The van der Waals surface area contributed by atoms with E-state index in [0.717, 1.165) is 104 Å². The van der Waals surface area contributed by atoms with Gasteiger partial charge in [-0.15, -0.1) is 0 Å². The van der Waals surface area contributed by atoms with Crippen LogP contribution in [0.15, 0.2) is 55.8 Å². The largest absolute Gasteiger partial charge is 0.368 e. The number of nitrogen functional groups attached to an aromatic ring is 1. The van der Waals surface area contributed by atoms with Crippen molar-refractivity contribution in [3.05, 3.63) is 89.3 Å². The molecule has 2 fully saturated rings. The molecule has 49 heavy (non-hydrogen) atoms. The zero-order valence-corrected chi connectivity index (χ0v) is 30.0. The number of nitrogens with two attached hydrogens (primary N) is 1. The van der Waals surface area contributed by atoms with Crippen molar-refractivity contribution in [2.24, 2.45) is 0 Å². The number of likely N-dealkylation sites (tertiary alicyclic amines) is 1. The fourth-order valence-corrected chi connectivity index (χ4v) is 7.49. The molecule has 1 aromatic heterocycles. The fraction of sp³-hybridized carbons (Fsp3) is 0.488. The van der Waals surface area contributed by atoms with E-state index in [1.165, 1.54) is 62.0 Å². The van der Waals surface area contributed by atoms with Crippen molar-refractivity contribution in [1.29, 1.82) is 0 Å². The first-order chi connectivity index (χ1) is 23.8. The van der Waals surface area contributed by atoms with Gasteiger partial charge in [-0.3, -0.25) is 4.79 Å². The number of aryl methyl sites for hydroxylation is 3. The van der Waals surface area contributed by atoms with Crippen molar-refractivity contribution < 1.29 is 4.79 Å². The molecule has 8 nitrogen and oxygen atoms in total. The van der Waals surface area contributed by atoms with Crippen LogP contribution in [0, 0.1) is 0 Å². The second-order valence-corrected chi connectivity index (χ2v) is 13.8. The number of nitrogens with one attached hydrogen (secondary N) is 2. The Bertz CT molecular complexity index is 1640. The van der Waals surface area contributed by atoms with Gasteiger partial charge in [-0.25, -0.2) is 9.97 Å². The van der Waals surface area contributed by atoms with E-state index in [9.17, 15) is 4.79 Å². The Morgan fingerprint density at radius 3 is 2.61 bits per heavy atom. The molecule has 3 heterocycles. The number of nitrogens with zero attached hydrogens (tertiary/aromatic N) is 4. The van der Waals surface area contributed by atoms with Gasteiger partial charge in [-0.1, -0.05) is 50.9 Å². The van der Waals surface area contributed by atoms with E-state index >= 15 is 0 Å². The molecule has 2 aliphatic heterocycles. The first kappa shape index (κ1) is 36.3. The van der Waals surface area contributed by atoms with Crippen LogP contribution in [-0.4, -0.2) is 71.5 Å². The van der Waals surface area contributed by atoms with Crippen molar-refractivity contribution in [3.63, 3.8) is 0 Å². The molecule has 0 spiro atoms. The number of rotatable bonds is 18. The summed E-state index contributed by atoms with van der Waals surface area (Å²) in [5, 5.41) is 7.69. The Hall–Kier alpha value is -4.01. The number of hydrogen-bond acceptors (Lipinski definition) is 7. The number of unbranched alkanes of at least 4 members (excludes halogenated alkanes) is 2. The summed E-state index contributed by atoms with van der Waals surface area (Å²) in [4.78, 5) is 26.7. The summed E-state index contributed by atoms with van der Waals surface area (Å²) in [7, 11) is 1.95. The number of carbonyl (C=O) groups excluding carboxylic acids is 1. The second kappa shape index (κ2) is 17.6. The molecule has 5 rings (SSSR count). The molecule has 4 N–H and O–H groups in total. The molecule has 0 saturated carbocycles. The van der Waals surface area contributed by atoms with Gasteiger partial charge in [0, 0.05) is 29.4 Å². The minimum atomic E-state index is -0.269. The van der Waals surface area contributed by atoms with Crippen molar-refractivity contribution in [1.82, 2.24) is 30.4 Å². The topological polar surface area (TPSA) is 99.4 Å². The predicted molar refractivity (Wildman–Crippen MR) is 205 cm³/mol. The highest BCUT2D eigenvalue weighted by molar-refractivity contribution is 5.87. The molecule has 2 aromatic carbocycles. The first-order valence-electron chi connectivity index (χ1n) is 18.4. The minimum Gasteiger partial charge on any atom is -0.368 e. The molecule has 2 aliphatic rings. The number of amides is 1. The number of likely N-dealkylation sites (N-methyl/N-ethyl adjacent to an activating group) is 1. The van der Waals surface area contributed by atoms with Gasteiger partial charge in [0.2, 0.25) is 11.9 Å². The predicted octanol–water partition coefficient (Wildman–Crippen LogP) is 6.69. The number of carbonyl (C=O) groups is 1. The van der Waals surface area contributed by atoms with Crippen LogP contribution in [0.3, 0.4) is 0 Å². The van der Waals surface area contributed by atoms with Crippen LogP contribution in [0.25, 0.3) is 22.7 Å². The van der Waals surface area contributed by atoms with Crippen LogP contribution in [0.1, 0.15) is 91.8 Å².